The van der Waals surface area contributed by atoms with Gasteiger partial charge >= 0.3 is 6.03 Å². The standard InChI is InChI=1S/C15H19N3O/c1-15-12-9-4-3-7-11(12)8-5-6-10-18(13(15)16)14(19)17(15)2/h3-4,7,9,16H,5-6,8,10H2,1-2H3/t15-/m1/s1. The number of carbonyl (C=O) groups is 1. The van der Waals surface area contributed by atoms with Crippen molar-refractivity contribution in [1.29, 1.82) is 5.41 Å². The number of nitrogens with zero attached hydrogens (tertiary/aromatic N) is 2. The predicted octanol–water partition coefficient (Wildman–Crippen LogP) is 2.58. The lowest BCUT2D eigenvalue weighted by Gasteiger charge is -2.32. The van der Waals surface area contributed by atoms with E-state index in [2.05, 4.69) is 12.1 Å². The van der Waals surface area contributed by atoms with E-state index in [0.29, 0.717) is 12.4 Å². The topological polar surface area (TPSA) is 47.4 Å². The van der Waals surface area contributed by atoms with Gasteiger partial charge in [-0.3, -0.25) is 10.3 Å². The highest BCUT2D eigenvalue weighted by Crippen LogP contribution is 2.39. The smallest absolute Gasteiger partial charge is 0.311 e. The molecule has 2 heterocycles. The van der Waals surface area contributed by atoms with Crippen LogP contribution < -0.4 is 0 Å². The summed E-state index contributed by atoms with van der Waals surface area (Å²) in [6, 6.07) is 8.17. The van der Waals surface area contributed by atoms with Gasteiger partial charge in [-0.25, -0.2) is 4.79 Å². The van der Waals surface area contributed by atoms with Gasteiger partial charge in [-0.15, -0.1) is 0 Å². The molecule has 2 amide bonds. The minimum Gasteiger partial charge on any atom is -0.311 e. The van der Waals surface area contributed by atoms with Crippen LogP contribution in [0.3, 0.4) is 0 Å². The Bertz CT molecular complexity index is 554. The third-order valence-electron chi connectivity index (χ3n) is 4.54. The first-order chi connectivity index (χ1) is 9.06. The molecule has 100 valence electrons. The third kappa shape index (κ3) is 1.52. The van der Waals surface area contributed by atoms with Gasteiger partial charge in [0.2, 0.25) is 0 Å². The first kappa shape index (κ1) is 12.2. The van der Waals surface area contributed by atoms with Gasteiger partial charge in [-0.1, -0.05) is 24.3 Å². The molecule has 2 bridgehead atoms. The highest BCUT2D eigenvalue weighted by Gasteiger charge is 2.51. The molecule has 1 fully saturated rings. The second kappa shape index (κ2) is 4.08. The van der Waals surface area contributed by atoms with Crippen molar-refractivity contribution in [3.8, 4) is 0 Å². The number of benzene rings is 1. The number of fused-ring (bicyclic) bond motifs is 4. The van der Waals surface area contributed by atoms with Crippen molar-refractivity contribution in [2.24, 2.45) is 0 Å². The number of aryl methyl sites for hydroxylation is 1. The normalized spacial score (nSPS) is 26.8. The van der Waals surface area contributed by atoms with Gasteiger partial charge in [-0.05, 0) is 37.3 Å². The van der Waals surface area contributed by atoms with E-state index in [0.717, 1.165) is 24.8 Å². The summed E-state index contributed by atoms with van der Waals surface area (Å²) in [5.74, 6) is 0.411. The third-order valence-corrected chi connectivity index (χ3v) is 4.54. The Morgan fingerprint density at radius 2 is 2.00 bits per heavy atom. The molecule has 0 saturated carbocycles. The average molecular weight is 257 g/mol. The van der Waals surface area contributed by atoms with Crippen LogP contribution in [0.2, 0.25) is 0 Å². The molecule has 0 aromatic heterocycles. The summed E-state index contributed by atoms with van der Waals surface area (Å²) in [6.45, 7) is 2.64. The first-order valence-electron chi connectivity index (χ1n) is 6.79. The van der Waals surface area contributed by atoms with E-state index in [1.165, 1.54) is 5.56 Å². The van der Waals surface area contributed by atoms with Crippen LogP contribution in [0.25, 0.3) is 0 Å². The maximum Gasteiger partial charge on any atom is 0.326 e. The van der Waals surface area contributed by atoms with Crippen LogP contribution in [0.1, 0.15) is 30.9 Å². The van der Waals surface area contributed by atoms with Crippen LogP contribution in [0.4, 0.5) is 4.79 Å². The molecule has 19 heavy (non-hydrogen) atoms. The first-order valence-corrected chi connectivity index (χ1v) is 6.79. The number of amides is 2. The van der Waals surface area contributed by atoms with E-state index in [-0.39, 0.29) is 6.03 Å². The van der Waals surface area contributed by atoms with Gasteiger partial charge in [0.15, 0.2) is 0 Å². The minimum absolute atomic E-state index is 0.0517. The molecular weight excluding hydrogens is 238 g/mol. The molecule has 1 aromatic rings. The molecule has 4 nitrogen and oxygen atoms in total. The Morgan fingerprint density at radius 3 is 2.79 bits per heavy atom. The molecule has 0 aliphatic carbocycles. The van der Waals surface area contributed by atoms with Crippen LogP contribution in [0, 0.1) is 5.41 Å². The van der Waals surface area contributed by atoms with E-state index >= 15 is 0 Å². The summed E-state index contributed by atoms with van der Waals surface area (Å²) in [5, 5.41) is 8.45. The summed E-state index contributed by atoms with van der Waals surface area (Å²) in [5.41, 5.74) is 1.73. The molecule has 3 rings (SSSR count). The highest BCUT2D eigenvalue weighted by molar-refractivity contribution is 6.08. The average Bonchev–Trinajstić information content (AvgIpc) is 2.61. The Labute approximate surface area is 113 Å². The summed E-state index contributed by atoms with van der Waals surface area (Å²) in [4.78, 5) is 15.7. The number of rotatable bonds is 0. The molecule has 0 unspecified atom stereocenters. The fraction of sp³-hybridized carbons (Fsp3) is 0.467. The monoisotopic (exact) mass is 257 g/mol. The number of nitrogens with one attached hydrogen (secondary N) is 1. The zero-order valence-corrected chi connectivity index (χ0v) is 11.4. The Hall–Kier alpha value is -1.84. The largest absolute Gasteiger partial charge is 0.326 e. The molecule has 4 heteroatoms. The summed E-state index contributed by atoms with van der Waals surface area (Å²) in [6.07, 6.45) is 3.04. The van der Waals surface area contributed by atoms with E-state index in [1.807, 2.05) is 19.1 Å². The number of urea groups is 1. The zero-order chi connectivity index (χ0) is 13.6. The number of likely N-dealkylation sites (N-methyl/N-ethyl adjacent to an activating group) is 1. The maximum absolute atomic E-state index is 12.3. The molecule has 1 N–H and O–H groups in total. The van der Waals surface area contributed by atoms with Gasteiger partial charge in [0.1, 0.15) is 11.4 Å². The van der Waals surface area contributed by atoms with E-state index < -0.39 is 5.54 Å². The van der Waals surface area contributed by atoms with Gasteiger partial charge < -0.3 is 4.90 Å². The van der Waals surface area contributed by atoms with Gasteiger partial charge in [-0.2, -0.15) is 0 Å². The lowest BCUT2D eigenvalue weighted by atomic mass is 9.85. The summed E-state index contributed by atoms with van der Waals surface area (Å²) >= 11 is 0. The fourth-order valence-electron chi connectivity index (χ4n) is 3.20. The predicted molar refractivity (Wildman–Crippen MR) is 74.3 cm³/mol. The number of hydrogen-bond donors (Lipinski definition) is 1. The highest BCUT2D eigenvalue weighted by atomic mass is 16.2. The van der Waals surface area contributed by atoms with E-state index in [9.17, 15) is 4.79 Å². The SMILES string of the molecule is CN1C(=O)N2CCCCc3ccccc3[C@]1(C)C2=N. The second-order valence-electron chi connectivity index (χ2n) is 5.53. The molecule has 2 aliphatic rings. The van der Waals surface area contributed by atoms with Crippen molar-refractivity contribution in [2.75, 3.05) is 13.6 Å². The van der Waals surface area contributed by atoms with E-state index in [1.54, 1.807) is 16.8 Å². The zero-order valence-electron chi connectivity index (χ0n) is 11.4. The number of amidine groups is 1. The molecule has 2 aliphatic heterocycles. The van der Waals surface area contributed by atoms with E-state index in [4.69, 9.17) is 5.41 Å². The van der Waals surface area contributed by atoms with Crippen LogP contribution in [-0.4, -0.2) is 35.3 Å². The van der Waals surface area contributed by atoms with Crippen molar-refractivity contribution in [3.05, 3.63) is 35.4 Å². The minimum atomic E-state index is -0.627. The van der Waals surface area contributed by atoms with Gasteiger partial charge in [0.25, 0.3) is 0 Å². The van der Waals surface area contributed by atoms with Gasteiger partial charge in [0.05, 0.1) is 0 Å². The van der Waals surface area contributed by atoms with Gasteiger partial charge in [0, 0.05) is 13.6 Å². The van der Waals surface area contributed by atoms with Crippen LogP contribution in [0.5, 0.6) is 0 Å². The molecule has 0 radical (unpaired) electrons. The van der Waals surface area contributed by atoms with Crippen molar-refractivity contribution in [3.63, 3.8) is 0 Å². The van der Waals surface area contributed by atoms with Crippen molar-refractivity contribution in [2.45, 2.75) is 31.7 Å². The van der Waals surface area contributed by atoms with Crippen LogP contribution in [0.15, 0.2) is 24.3 Å². The van der Waals surface area contributed by atoms with Crippen LogP contribution in [-0.2, 0) is 12.0 Å². The van der Waals surface area contributed by atoms with Crippen molar-refractivity contribution >= 4 is 11.9 Å². The molecule has 0 spiro atoms. The summed E-state index contributed by atoms with van der Waals surface area (Å²) < 4.78 is 0. The second-order valence-corrected chi connectivity index (χ2v) is 5.53. The maximum atomic E-state index is 12.3. The molecule has 1 atom stereocenters. The van der Waals surface area contributed by atoms with Crippen LogP contribution >= 0.6 is 0 Å². The molecule has 1 saturated heterocycles. The lowest BCUT2D eigenvalue weighted by molar-refractivity contribution is 0.182. The Balaban J connectivity index is 2.23. The fourth-order valence-corrected chi connectivity index (χ4v) is 3.20. The Morgan fingerprint density at radius 1 is 1.26 bits per heavy atom. The van der Waals surface area contributed by atoms with Crippen molar-refractivity contribution < 1.29 is 4.79 Å². The lowest BCUT2D eigenvalue weighted by Crippen LogP contribution is -2.42. The number of carbonyl (C=O) groups excluding carboxylic acids is 1. The van der Waals surface area contributed by atoms with Crippen molar-refractivity contribution in [1.82, 2.24) is 9.80 Å². The number of hydrogen-bond acceptors (Lipinski definition) is 2. The summed E-state index contributed by atoms with van der Waals surface area (Å²) in [7, 11) is 1.80. The molecule has 1 aromatic carbocycles. The molecular formula is C15H19N3O. The quantitative estimate of drug-likeness (QED) is 0.763. The Kier molecular flexibility index (Phi) is 2.62.